The third-order valence-electron chi connectivity index (χ3n) is 4.73. The number of nitrogens with two attached hydrogens (primary N) is 1. The molecule has 0 aliphatic carbocycles. The third kappa shape index (κ3) is 2.93. The second-order valence-corrected chi connectivity index (χ2v) is 6.09. The van der Waals surface area contributed by atoms with E-state index in [-0.39, 0.29) is 11.9 Å². The fraction of sp³-hybridized carbons (Fsp3) is 0.929. The predicted molar refractivity (Wildman–Crippen MR) is 72.7 cm³/mol. The first kappa shape index (κ1) is 13.3. The molecule has 2 N–H and O–H groups in total. The van der Waals surface area contributed by atoms with Gasteiger partial charge in [0.05, 0.1) is 12.2 Å². The van der Waals surface area contributed by atoms with Crippen LogP contribution in [-0.2, 0) is 9.53 Å². The summed E-state index contributed by atoms with van der Waals surface area (Å²) in [7, 11) is 0. The quantitative estimate of drug-likeness (QED) is 0.790. The average molecular weight is 267 g/mol. The molecule has 5 nitrogen and oxygen atoms in total. The summed E-state index contributed by atoms with van der Waals surface area (Å²) in [5.74, 6) is 0.284. The lowest BCUT2D eigenvalue weighted by molar-refractivity contribution is -0.132. The van der Waals surface area contributed by atoms with Crippen LogP contribution in [0.4, 0.5) is 0 Å². The van der Waals surface area contributed by atoms with Gasteiger partial charge >= 0.3 is 0 Å². The number of likely N-dealkylation sites (tertiary alicyclic amines) is 2. The van der Waals surface area contributed by atoms with Crippen LogP contribution in [0, 0.1) is 0 Å². The first-order valence-electron chi connectivity index (χ1n) is 7.63. The normalized spacial score (nSPS) is 32.8. The van der Waals surface area contributed by atoms with Crippen molar-refractivity contribution in [1.82, 2.24) is 9.80 Å². The number of hydrogen-bond acceptors (Lipinski definition) is 4. The van der Waals surface area contributed by atoms with Crippen molar-refractivity contribution in [2.45, 2.75) is 50.4 Å². The summed E-state index contributed by atoms with van der Waals surface area (Å²) >= 11 is 0. The van der Waals surface area contributed by atoms with Gasteiger partial charge in [0.25, 0.3) is 0 Å². The van der Waals surface area contributed by atoms with E-state index in [1.807, 2.05) is 4.90 Å². The highest BCUT2D eigenvalue weighted by molar-refractivity contribution is 5.77. The van der Waals surface area contributed by atoms with Gasteiger partial charge in [-0.1, -0.05) is 0 Å². The van der Waals surface area contributed by atoms with E-state index in [9.17, 15) is 4.79 Å². The van der Waals surface area contributed by atoms with E-state index in [1.165, 1.54) is 12.8 Å². The Morgan fingerprint density at radius 1 is 1.21 bits per heavy atom. The molecule has 3 fully saturated rings. The topological polar surface area (TPSA) is 58.8 Å². The van der Waals surface area contributed by atoms with Gasteiger partial charge in [0.2, 0.25) is 5.91 Å². The highest BCUT2D eigenvalue weighted by Gasteiger charge is 2.37. The number of ether oxygens (including phenoxy) is 1. The van der Waals surface area contributed by atoms with Crippen LogP contribution in [0.3, 0.4) is 0 Å². The van der Waals surface area contributed by atoms with Crippen LogP contribution in [0.1, 0.15) is 32.1 Å². The summed E-state index contributed by atoms with van der Waals surface area (Å²) < 4.78 is 5.85. The molecule has 0 aromatic rings. The van der Waals surface area contributed by atoms with E-state index < -0.39 is 0 Å². The predicted octanol–water partition coefficient (Wildman–Crippen LogP) is 0.189. The maximum absolute atomic E-state index is 12.2. The lowest BCUT2D eigenvalue weighted by Crippen LogP contribution is -2.52. The van der Waals surface area contributed by atoms with Crippen LogP contribution in [-0.4, -0.2) is 66.7 Å². The van der Waals surface area contributed by atoms with Gasteiger partial charge in [-0.25, -0.2) is 0 Å². The lowest BCUT2D eigenvalue weighted by atomic mass is 10.1. The van der Waals surface area contributed by atoms with Crippen LogP contribution >= 0.6 is 0 Å². The van der Waals surface area contributed by atoms with Crippen LogP contribution in [0.5, 0.6) is 0 Å². The monoisotopic (exact) mass is 267 g/mol. The Bertz CT molecular complexity index is 319. The van der Waals surface area contributed by atoms with E-state index in [4.69, 9.17) is 10.5 Å². The van der Waals surface area contributed by atoms with Crippen molar-refractivity contribution in [2.24, 2.45) is 5.73 Å². The van der Waals surface area contributed by atoms with Gasteiger partial charge in [-0.2, -0.15) is 0 Å². The van der Waals surface area contributed by atoms with Gasteiger partial charge in [0.1, 0.15) is 0 Å². The molecule has 2 bridgehead atoms. The number of amides is 1. The molecule has 3 rings (SSSR count). The maximum Gasteiger partial charge on any atom is 0.224 e. The van der Waals surface area contributed by atoms with Gasteiger partial charge in [-0.3, -0.25) is 9.69 Å². The summed E-state index contributed by atoms with van der Waals surface area (Å²) in [5.41, 5.74) is 5.91. The van der Waals surface area contributed by atoms with Gasteiger partial charge in [0, 0.05) is 45.2 Å². The SMILES string of the molecule is NCC(CC(=O)N1CCCC1)N1CC2CCC(C1)O2. The molecule has 0 saturated carbocycles. The Labute approximate surface area is 115 Å². The molecule has 1 amide bonds. The molecular formula is C14H25N3O2. The molecule has 0 aromatic carbocycles. The Balaban J connectivity index is 1.56. The molecular weight excluding hydrogens is 242 g/mol. The summed E-state index contributed by atoms with van der Waals surface area (Å²) in [4.78, 5) is 16.6. The second-order valence-electron chi connectivity index (χ2n) is 6.09. The highest BCUT2D eigenvalue weighted by atomic mass is 16.5. The third-order valence-corrected chi connectivity index (χ3v) is 4.73. The fourth-order valence-corrected chi connectivity index (χ4v) is 3.60. The Hall–Kier alpha value is -0.650. The number of nitrogens with zero attached hydrogens (tertiary/aromatic N) is 2. The molecule has 3 saturated heterocycles. The van der Waals surface area contributed by atoms with Gasteiger partial charge in [0.15, 0.2) is 0 Å². The Morgan fingerprint density at radius 3 is 2.42 bits per heavy atom. The van der Waals surface area contributed by atoms with Crippen molar-refractivity contribution in [3.63, 3.8) is 0 Å². The van der Waals surface area contributed by atoms with Crippen molar-refractivity contribution in [3.05, 3.63) is 0 Å². The number of carbonyl (C=O) groups excluding carboxylic acids is 1. The Morgan fingerprint density at radius 2 is 1.84 bits per heavy atom. The molecule has 0 aromatic heterocycles. The minimum absolute atomic E-state index is 0.195. The van der Waals surface area contributed by atoms with Crippen LogP contribution in [0.25, 0.3) is 0 Å². The summed E-state index contributed by atoms with van der Waals surface area (Å²) in [6.45, 7) is 4.34. The largest absolute Gasteiger partial charge is 0.372 e. The first-order valence-corrected chi connectivity index (χ1v) is 7.63. The first-order chi connectivity index (χ1) is 9.26. The van der Waals surface area contributed by atoms with E-state index in [0.717, 1.165) is 39.0 Å². The fourth-order valence-electron chi connectivity index (χ4n) is 3.60. The van der Waals surface area contributed by atoms with Gasteiger partial charge in [-0.15, -0.1) is 0 Å². The van der Waals surface area contributed by atoms with E-state index in [2.05, 4.69) is 4.90 Å². The zero-order chi connectivity index (χ0) is 13.2. The molecule has 108 valence electrons. The number of hydrogen-bond donors (Lipinski definition) is 1. The zero-order valence-electron chi connectivity index (χ0n) is 11.6. The molecule has 0 spiro atoms. The molecule has 19 heavy (non-hydrogen) atoms. The average Bonchev–Trinajstić information content (AvgIpc) is 3.05. The van der Waals surface area contributed by atoms with Crippen LogP contribution < -0.4 is 5.73 Å². The number of carbonyl (C=O) groups is 1. The molecule has 5 heteroatoms. The lowest BCUT2D eigenvalue weighted by Gasteiger charge is -2.37. The molecule has 3 unspecified atom stereocenters. The zero-order valence-corrected chi connectivity index (χ0v) is 11.6. The van der Waals surface area contributed by atoms with Crippen molar-refractivity contribution in [2.75, 3.05) is 32.7 Å². The van der Waals surface area contributed by atoms with E-state index in [1.54, 1.807) is 0 Å². The molecule has 0 radical (unpaired) electrons. The Kier molecular flexibility index (Phi) is 4.05. The van der Waals surface area contributed by atoms with Crippen molar-refractivity contribution < 1.29 is 9.53 Å². The van der Waals surface area contributed by atoms with Crippen molar-refractivity contribution in [1.29, 1.82) is 0 Å². The molecule has 3 heterocycles. The minimum Gasteiger partial charge on any atom is -0.372 e. The summed E-state index contributed by atoms with van der Waals surface area (Å²) in [6.07, 6.45) is 5.96. The number of rotatable bonds is 4. The molecule has 3 aliphatic rings. The van der Waals surface area contributed by atoms with Crippen LogP contribution in [0.15, 0.2) is 0 Å². The standard InChI is InChI=1S/C14H25N3O2/c15-8-11(7-14(18)16-5-1-2-6-16)17-9-12-3-4-13(10-17)19-12/h11-13H,1-10,15H2. The smallest absolute Gasteiger partial charge is 0.224 e. The van der Waals surface area contributed by atoms with E-state index >= 15 is 0 Å². The van der Waals surface area contributed by atoms with Crippen molar-refractivity contribution in [3.8, 4) is 0 Å². The van der Waals surface area contributed by atoms with Crippen molar-refractivity contribution >= 4 is 5.91 Å². The number of morpholine rings is 1. The molecule has 3 aliphatic heterocycles. The van der Waals surface area contributed by atoms with E-state index in [0.29, 0.717) is 25.2 Å². The van der Waals surface area contributed by atoms with Gasteiger partial charge < -0.3 is 15.4 Å². The second kappa shape index (κ2) is 5.77. The van der Waals surface area contributed by atoms with Gasteiger partial charge in [-0.05, 0) is 25.7 Å². The summed E-state index contributed by atoms with van der Waals surface area (Å²) in [6, 6.07) is 0.195. The minimum atomic E-state index is 0.195. The number of fused-ring (bicyclic) bond motifs is 2. The maximum atomic E-state index is 12.2. The summed E-state index contributed by atoms with van der Waals surface area (Å²) in [5, 5.41) is 0. The molecule has 3 atom stereocenters. The highest BCUT2D eigenvalue weighted by Crippen LogP contribution is 2.28. The van der Waals surface area contributed by atoms with Crippen LogP contribution in [0.2, 0.25) is 0 Å².